The number of hydrogen-bond acceptors (Lipinski definition) is 4. The SMILES string of the molecule is CCOc1ccccc1NC(=O)CN(c1cccc(C(F)(F)F)c1)S(C)(=O)=O. The molecule has 0 bridgehead atoms. The van der Waals surface area contributed by atoms with E-state index in [0.717, 1.165) is 18.4 Å². The van der Waals surface area contributed by atoms with Gasteiger partial charge in [-0.15, -0.1) is 0 Å². The van der Waals surface area contributed by atoms with Gasteiger partial charge in [-0.25, -0.2) is 8.42 Å². The molecule has 2 aromatic rings. The van der Waals surface area contributed by atoms with Crippen LogP contribution in [0.1, 0.15) is 12.5 Å². The summed E-state index contributed by atoms with van der Waals surface area (Å²) in [5, 5.41) is 2.52. The maximum atomic E-state index is 12.9. The molecular formula is C18H19F3N2O4S. The Morgan fingerprint density at radius 3 is 2.43 bits per heavy atom. The Labute approximate surface area is 161 Å². The van der Waals surface area contributed by atoms with Crippen LogP contribution in [0.5, 0.6) is 5.75 Å². The highest BCUT2D eigenvalue weighted by molar-refractivity contribution is 7.92. The Morgan fingerprint density at radius 2 is 1.82 bits per heavy atom. The number of alkyl halides is 3. The second kappa shape index (κ2) is 8.51. The number of para-hydroxylation sites is 2. The number of nitrogens with zero attached hydrogens (tertiary/aromatic N) is 1. The summed E-state index contributed by atoms with van der Waals surface area (Å²) in [6, 6.07) is 10.3. The van der Waals surface area contributed by atoms with Crippen LogP contribution in [0.15, 0.2) is 48.5 Å². The fourth-order valence-electron chi connectivity index (χ4n) is 2.41. The number of nitrogens with one attached hydrogen (secondary N) is 1. The van der Waals surface area contributed by atoms with Gasteiger partial charge in [0.15, 0.2) is 0 Å². The standard InChI is InChI=1S/C18H19F3N2O4S/c1-3-27-16-10-5-4-9-15(16)22-17(24)12-23(28(2,25)26)14-8-6-7-13(11-14)18(19,20)21/h4-11H,3,12H2,1-2H3,(H,22,24). The predicted octanol–water partition coefficient (Wildman–Crippen LogP) is 3.51. The van der Waals surface area contributed by atoms with Gasteiger partial charge in [-0.1, -0.05) is 18.2 Å². The second-order valence-electron chi connectivity index (χ2n) is 5.80. The quantitative estimate of drug-likeness (QED) is 0.750. The molecule has 2 rings (SSSR count). The van der Waals surface area contributed by atoms with Crippen molar-refractivity contribution in [3.8, 4) is 5.75 Å². The lowest BCUT2D eigenvalue weighted by Gasteiger charge is -2.23. The Balaban J connectivity index is 2.28. The lowest BCUT2D eigenvalue weighted by atomic mass is 10.2. The molecule has 0 aromatic heterocycles. The summed E-state index contributed by atoms with van der Waals surface area (Å²) in [5.74, 6) is -0.335. The first kappa shape index (κ1) is 21.5. The van der Waals surface area contributed by atoms with Gasteiger partial charge in [0, 0.05) is 0 Å². The largest absolute Gasteiger partial charge is 0.492 e. The highest BCUT2D eigenvalue weighted by Crippen LogP contribution is 2.32. The molecule has 0 saturated heterocycles. The van der Waals surface area contributed by atoms with Crippen molar-refractivity contribution in [2.24, 2.45) is 0 Å². The Hall–Kier alpha value is -2.75. The molecule has 2 aromatic carbocycles. The van der Waals surface area contributed by atoms with Gasteiger partial charge in [0.1, 0.15) is 12.3 Å². The first-order chi connectivity index (χ1) is 13.0. The molecule has 6 nitrogen and oxygen atoms in total. The average Bonchev–Trinajstić information content (AvgIpc) is 2.60. The third kappa shape index (κ3) is 5.62. The van der Waals surface area contributed by atoms with Crippen molar-refractivity contribution in [2.75, 3.05) is 29.0 Å². The van der Waals surface area contributed by atoms with E-state index in [-0.39, 0.29) is 5.69 Å². The van der Waals surface area contributed by atoms with Gasteiger partial charge in [0.05, 0.1) is 29.8 Å². The second-order valence-corrected chi connectivity index (χ2v) is 7.70. The summed E-state index contributed by atoms with van der Waals surface area (Å²) in [4.78, 5) is 12.4. The topological polar surface area (TPSA) is 75.7 Å². The molecule has 0 aliphatic heterocycles. The number of hydrogen-bond donors (Lipinski definition) is 1. The smallest absolute Gasteiger partial charge is 0.416 e. The van der Waals surface area contributed by atoms with Crippen LogP contribution in [0, 0.1) is 0 Å². The molecule has 28 heavy (non-hydrogen) atoms. The molecule has 0 fully saturated rings. The molecule has 152 valence electrons. The van der Waals surface area contributed by atoms with E-state index in [1.807, 2.05) is 0 Å². The number of sulfonamides is 1. The van der Waals surface area contributed by atoms with Gasteiger partial charge < -0.3 is 10.1 Å². The molecule has 0 saturated carbocycles. The molecule has 1 N–H and O–H groups in total. The van der Waals surface area contributed by atoms with Gasteiger partial charge in [0.2, 0.25) is 15.9 Å². The van der Waals surface area contributed by atoms with Crippen molar-refractivity contribution in [1.82, 2.24) is 0 Å². The van der Waals surface area contributed by atoms with Crippen LogP contribution in [0.3, 0.4) is 0 Å². The number of amides is 1. The van der Waals surface area contributed by atoms with Gasteiger partial charge in [-0.3, -0.25) is 9.10 Å². The summed E-state index contributed by atoms with van der Waals surface area (Å²) in [5.41, 5.74) is -0.946. The zero-order valence-corrected chi connectivity index (χ0v) is 16.0. The Kier molecular flexibility index (Phi) is 6.55. The highest BCUT2D eigenvalue weighted by Gasteiger charge is 2.32. The fourth-order valence-corrected chi connectivity index (χ4v) is 3.26. The van der Waals surface area contributed by atoms with Crippen LogP contribution < -0.4 is 14.4 Å². The molecule has 0 heterocycles. The number of anilines is 2. The summed E-state index contributed by atoms with van der Waals surface area (Å²) in [6.45, 7) is 1.42. The summed E-state index contributed by atoms with van der Waals surface area (Å²) in [6.07, 6.45) is -3.83. The van der Waals surface area contributed by atoms with Crippen molar-refractivity contribution in [3.63, 3.8) is 0 Å². The van der Waals surface area contributed by atoms with E-state index < -0.39 is 34.2 Å². The first-order valence-corrected chi connectivity index (χ1v) is 10.0. The van der Waals surface area contributed by atoms with Crippen LogP contribution in [0.25, 0.3) is 0 Å². The maximum Gasteiger partial charge on any atom is 0.416 e. The van der Waals surface area contributed by atoms with E-state index in [1.165, 1.54) is 6.07 Å². The number of rotatable bonds is 7. The minimum absolute atomic E-state index is 0.259. The van der Waals surface area contributed by atoms with Crippen molar-refractivity contribution in [3.05, 3.63) is 54.1 Å². The molecule has 0 atom stereocenters. The van der Waals surface area contributed by atoms with E-state index in [2.05, 4.69) is 5.32 Å². The van der Waals surface area contributed by atoms with Crippen molar-refractivity contribution < 1.29 is 31.1 Å². The lowest BCUT2D eigenvalue weighted by Crippen LogP contribution is -2.37. The molecule has 0 aliphatic carbocycles. The van der Waals surface area contributed by atoms with Crippen LogP contribution >= 0.6 is 0 Å². The minimum atomic E-state index is -4.64. The van der Waals surface area contributed by atoms with E-state index in [4.69, 9.17) is 4.74 Å². The first-order valence-electron chi connectivity index (χ1n) is 8.19. The normalized spacial score (nSPS) is 11.8. The lowest BCUT2D eigenvalue weighted by molar-refractivity contribution is -0.137. The number of halogens is 3. The maximum absolute atomic E-state index is 12.9. The summed E-state index contributed by atoms with van der Waals surface area (Å²) >= 11 is 0. The zero-order valence-electron chi connectivity index (χ0n) is 15.2. The van der Waals surface area contributed by atoms with Crippen molar-refractivity contribution >= 4 is 27.3 Å². The predicted molar refractivity (Wildman–Crippen MR) is 99.9 cm³/mol. The van der Waals surface area contributed by atoms with E-state index in [0.29, 0.717) is 28.4 Å². The molecule has 1 amide bonds. The average molecular weight is 416 g/mol. The molecule has 0 spiro atoms. The molecule has 0 radical (unpaired) electrons. The third-order valence-corrected chi connectivity index (χ3v) is 4.75. The third-order valence-electron chi connectivity index (χ3n) is 3.61. The fraction of sp³-hybridized carbons (Fsp3) is 0.278. The van der Waals surface area contributed by atoms with Gasteiger partial charge in [-0.2, -0.15) is 13.2 Å². The van der Waals surface area contributed by atoms with Crippen LogP contribution in [0.2, 0.25) is 0 Å². The summed E-state index contributed by atoms with van der Waals surface area (Å²) < 4.78 is 69.0. The molecule has 10 heteroatoms. The number of ether oxygens (including phenoxy) is 1. The minimum Gasteiger partial charge on any atom is -0.492 e. The van der Waals surface area contributed by atoms with E-state index >= 15 is 0 Å². The number of carbonyl (C=O) groups excluding carboxylic acids is 1. The van der Waals surface area contributed by atoms with E-state index in [1.54, 1.807) is 31.2 Å². The van der Waals surface area contributed by atoms with Crippen LogP contribution in [-0.2, 0) is 21.0 Å². The highest BCUT2D eigenvalue weighted by atomic mass is 32.2. The Bertz CT molecular complexity index is 946. The van der Waals surface area contributed by atoms with Gasteiger partial charge >= 0.3 is 6.18 Å². The number of benzene rings is 2. The Morgan fingerprint density at radius 1 is 1.14 bits per heavy atom. The van der Waals surface area contributed by atoms with Crippen molar-refractivity contribution in [2.45, 2.75) is 13.1 Å². The molecule has 0 aliphatic rings. The van der Waals surface area contributed by atoms with Crippen LogP contribution in [-0.4, -0.2) is 33.7 Å². The van der Waals surface area contributed by atoms with Gasteiger partial charge in [0.25, 0.3) is 0 Å². The molecule has 0 unspecified atom stereocenters. The summed E-state index contributed by atoms with van der Waals surface area (Å²) in [7, 11) is -4.01. The van der Waals surface area contributed by atoms with Crippen LogP contribution in [0.4, 0.5) is 24.5 Å². The van der Waals surface area contributed by atoms with E-state index in [9.17, 15) is 26.4 Å². The number of carbonyl (C=O) groups is 1. The van der Waals surface area contributed by atoms with Gasteiger partial charge in [-0.05, 0) is 37.3 Å². The molecular weight excluding hydrogens is 397 g/mol. The zero-order chi connectivity index (χ0) is 20.9. The monoisotopic (exact) mass is 416 g/mol. The van der Waals surface area contributed by atoms with Crippen molar-refractivity contribution in [1.29, 1.82) is 0 Å².